The second-order valence-corrected chi connectivity index (χ2v) is 6.76. The number of ether oxygens (including phenoxy) is 1. The smallest absolute Gasteiger partial charge is 0.657 e. The maximum Gasteiger partial charge on any atom is 3.00 e. The van der Waals surface area contributed by atoms with Crippen molar-refractivity contribution in [3.05, 3.63) is 40.7 Å². The SMILES string of the molecule is O=C1NC(=O)C(Cc2ccc(C(=O)OCC3CCC[N-]3)cc2)S1.[Y+3]. The van der Waals surface area contributed by atoms with Crippen molar-refractivity contribution in [2.75, 3.05) is 13.2 Å². The van der Waals surface area contributed by atoms with E-state index in [2.05, 4.69) is 10.6 Å². The third-order valence-corrected chi connectivity index (χ3v) is 4.85. The molecule has 1 aromatic rings. The van der Waals surface area contributed by atoms with Crippen molar-refractivity contribution in [3.63, 3.8) is 0 Å². The van der Waals surface area contributed by atoms with Crippen LogP contribution in [0.2, 0.25) is 0 Å². The third kappa shape index (κ3) is 5.12. The molecule has 2 aliphatic heterocycles. The van der Waals surface area contributed by atoms with Gasteiger partial charge in [-0.15, -0.1) is 12.6 Å². The molecular weight excluding hydrogens is 405 g/mol. The Morgan fingerprint density at radius 1 is 1.29 bits per heavy atom. The van der Waals surface area contributed by atoms with Gasteiger partial charge in [-0.05, 0) is 24.1 Å². The number of esters is 1. The fourth-order valence-corrected chi connectivity index (χ4v) is 3.46. The average Bonchev–Trinajstić information content (AvgIpc) is 3.16. The maximum absolute atomic E-state index is 12.0. The summed E-state index contributed by atoms with van der Waals surface area (Å²) in [5, 5.41) is 5.90. The summed E-state index contributed by atoms with van der Waals surface area (Å²) < 4.78 is 5.27. The zero-order valence-electron chi connectivity index (χ0n) is 13.1. The minimum Gasteiger partial charge on any atom is -0.657 e. The van der Waals surface area contributed by atoms with Crippen molar-refractivity contribution in [1.82, 2.24) is 5.32 Å². The monoisotopic (exact) mass is 422 g/mol. The number of amides is 2. The van der Waals surface area contributed by atoms with E-state index in [1.165, 1.54) is 0 Å². The molecule has 0 aromatic heterocycles. The molecule has 3 rings (SSSR count). The number of benzene rings is 1. The van der Waals surface area contributed by atoms with Crippen molar-refractivity contribution in [2.24, 2.45) is 0 Å². The molecular formula is C16H17N2O4SY+2. The number of carbonyl (C=O) groups excluding carboxylic acids is 3. The van der Waals surface area contributed by atoms with Crippen LogP contribution in [0, 0.1) is 0 Å². The van der Waals surface area contributed by atoms with Crippen molar-refractivity contribution < 1.29 is 51.8 Å². The van der Waals surface area contributed by atoms with Gasteiger partial charge >= 0.3 is 38.7 Å². The van der Waals surface area contributed by atoms with Crippen LogP contribution in [0.4, 0.5) is 4.79 Å². The summed E-state index contributed by atoms with van der Waals surface area (Å²) >= 11 is 1.000. The quantitative estimate of drug-likeness (QED) is 0.736. The first kappa shape index (κ1) is 19.6. The van der Waals surface area contributed by atoms with Crippen LogP contribution in [0.3, 0.4) is 0 Å². The Hall–Kier alpha value is -0.756. The standard InChI is InChI=1S/C16H17N2O4S.Y/c19-14-13(23-16(21)18-14)8-10-3-5-11(6-4-10)15(20)22-9-12-2-1-7-17-12;/h3-6,12-13H,1-2,7-9H2,(H,18,19,21);/q-1;+3. The molecule has 2 aliphatic rings. The fraction of sp³-hybridized carbons (Fsp3) is 0.438. The zero-order valence-corrected chi connectivity index (χ0v) is 16.7. The predicted molar refractivity (Wildman–Crippen MR) is 86.6 cm³/mol. The number of imide groups is 1. The van der Waals surface area contributed by atoms with E-state index in [4.69, 9.17) is 4.74 Å². The van der Waals surface area contributed by atoms with Gasteiger partial charge in [-0.3, -0.25) is 14.9 Å². The number of rotatable bonds is 5. The first-order chi connectivity index (χ1) is 11.1. The molecule has 1 aromatic carbocycles. The Morgan fingerprint density at radius 3 is 2.62 bits per heavy atom. The molecule has 6 nitrogen and oxygen atoms in total. The fourth-order valence-electron chi connectivity index (χ4n) is 2.60. The Balaban J connectivity index is 0.00000208. The zero-order chi connectivity index (χ0) is 16.2. The molecule has 122 valence electrons. The molecule has 2 heterocycles. The van der Waals surface area contributed by atoms with Crippen molar-refractivity contribution in [1.29, 1.82) is 0 Å². The first-order valence-corrected chi connectivity index (χ1v) is 8.44. The third-order valence-electron chi connectivity index (χ3n) is 3.87. The Kier molecular flexibility index (Phi) is 7.41. The van der Waals surface area contributed by atoms with Gasteiger partial charge in [-0.1, -0.05) is 36.7 Å². The van der Waals surface area contributed by atoms with Crippen molar-refractivity contribution >= 4 is 28.9 Å². The Morgan fingerprint density at radius 2 is 2.04 bits per heavy atom. The van der Waals surface area contributed by atoms with Crippen LogP contribution in [-0.2, 0) is 48.7 Å². The molecule has 0 saturated carbocycles. The van der Waals surface area contributed by atoms with Gasteiger partial charge in [-0.2, -0.15) is 0 Å². The molecule has 2 saturated heterocycles. The summed E-state index contributed by atoms with van der Waals surface area (Å²) in [6.07, 6.45) is 2.50. The van der Waals surface area contributed by atoms with E-state index in [9.17, 15) is 14.4 Å². The van der Waals surface area contributed by atoms with Crippen LogP contribution in [0.15, 0.2) is 24.3 Å². The van der Waals surface area contributed by atoms with E-state index >= 15 is 0 Å². The van der Waals surface area contributed by atoms with Gasteiger partial charge < -0.3 is 10.1 Å². The first-order valence-electron chi connectivity index (χ1n) is 7.56. The van der Waals surface area contributed by atoms with Gasteiger partial charge in [0, 0.05) is 0 Å². The number of thioether (sulfide) groups is 1. The second-order valence-electron chi connectivity index (χ2n) is 5.58. The van der Waals surface area contributed by atoms with Crippen LogP contribution in [0.1, 0.15) is 28.8 Å². The van der Waals surface area contributed by atoms with Gasteiger partial charge in [0.15, 0.2) is 0 Å². The average molecular weight is 422 g/mol. The van der Waals surface area contributed by atoms with E-state index in [1.807, 2.05) is 0 Å². The second kappa shape index (κ2) is 9.08. The number of hydrogen-bond acceptors (Lipinski definition) is 5. The minimum absolute atomic E-state index is 0. The molecule has 2 fully saturated rings. The molecule has 1 N–H and O–H groups in total. The van der Waals surface area contributed by atoms with Gasteiger partial charge in [0.1, 0.15) is 0 Å². The molecule has 0 spiro atoms. The van der Waals surface area contributed by atoms with Crippen molar-refractivity contribution in [2.45, 2.75) is 30.6 Å². The summed E-state index contributed by atoms with van der Waals surface area (Å²) in [6.45, 7) is 1.19. The van der Waals surface area contributed by atoms with Crippen molar-refractivity contribution in [3.8, 4) is 0 Å². The maximum atomic E-state index is 12.0. The number of hydrogen-bond donors (Lipinski definition) is 1. The largest absolute Gasteiger partial charge is 3.00 e. The molecule has 0 aliphatic carbocycles. The van der Waals surface area contributed by atoms with Crippen LogP contribution in [0.25, 0.3) is 5.32 Å². The number of nitrogens with one attached hydrogen (secondary N) is 1. The number of carbonyl (C=O) groups is 3. The van der Waals surface area contributed by atoms with Crippen LogP contribution in [0.5, 0.6) is 0 Å². The molecule has 0 radical (unpaired) electrons. The summed E-state index contributed by atoms with van der Waals surface area (Å²) in [4.78, 5) is 34.7. The van der Waals surface area contributed by atoms with Crippen LogP contribution >= 0.6 is 11.8 Å². The van der Waals surface area contributed by atoms with E-state index in [1.54, 1.807) is 24.3 Å². The molecule has 8 heteroatoms. The summed E-state index contributed by atoms with van der Waals surface area (Å²) in [5.74, 6) is -0.620. The van der Waals surface area contributed by atoms with Crippen LogP contribution in [-0.4, -0.2) is 41.6 Å². The molecule has 24 heavy (non-hydrogen) atoms. The number of nitrogens with zero attached hydrogens (tertiary/aromatic N) is 1. The summed E-state index contributed by atoms with van der Waals surface area (Å²) in [7, 11) is 0. The minimum atomic E-state index is -0.399. The van der Waals surface area contributed by atoms with Gasteiger partial charge in [0.2, 0.25) is 5.91 Å². The van der Waals surface area contributed by atoms with E-state index in [0.29, 0.717) is 18.6 Å². The predicted octanol–water partition coefficient (Wildman–Crippen LogP) is 2.27. The van der Waals surface area contributed by atoms with E-state index < -0.39 is 5.25 Å². The molecule has 0 bridgehead atoms. The van der Waals surface area contributed by atoms with Gasteiger partial charge in [0.25, 0.3) is 5.24 Å². The molecule has 2 atom stereocenters. The normalized spacial score (nSPS) is 22.8. The Labute approximate surface area is 169 Å². The molecule has 2 unspecified atom stereocenters. The summed E-state index contributed by atoms with van der Waals surface area (Å²) in [5.41, 5.74) is 1.38. The van der Waals surface area contributed by atoms with Gasteiger partial charge in [0.05, 0.1) is 17.4 Å². The topological polar surface area (TPSA) is 86.6 Å². The van der Waals surface area contributed by atoms with E-state index in [0.717, 1.165) is 36.7 Å². The summed E-state index contributed by atoms with van der Waals surface area (Å²) in [6, 6.07) is 7.07. The van der Waals surface area contributed by atoms with Crippen LogP contribution < -0.4 is 5.32 Å². The Bertz CT molecular complexity index is 617. The molecule has 2 amide bonds. The van der Waals surface area contributed by atoms with Gasteiger partial charge in [-0.25, -0.2) is 4.79 Å². The van der Waals surface area contributed by atoms with E-state index in [-0.39, 0.29) is 55.9 Å².